The number of benzene rings is 1. The standard InChI is InChI=1S/C13H12N4OS/c1-8-15-7-10(19-8)12-16-17-13(18-12)11(14)9-5-3-2-4-6-9/h2-7,11H,14H2,1H3. The molecule has 96 valence electrons. The summed E-state index contributed by atoms with van der Waals surface area (Å²) in [6.45, 7) is 1.93. The summed E-state index contributed by atoms with van der Waals surface area (Å²) in [5.41, 5.74) is 7.05. The van der Waals surface area contributed by atoms with Gasteiger partial charge in [0.1, 0.15) is 10.9 Å². The molecule has 0 amide bonds. The Balaban J connectivity index is 1.89. The van der Waals surface area contributed by atoms with Crippen molar-refractivity contribution >= 4 is 11.3 Å². The van der Waals surface area contributed by atoms with Crippen LogP contribution >= 0.6 is 11.3 Å². The van der Waals surface area contributed by atoms with E-state index in [4.69, 9.17) is 10.2 Å². The molecule has 0 aliphatic heterocycles. The lowest BCUT2D eigenvalue weighted by Gasteiger charge is -2.05. The minimum atomic E-state index is -0.406. The van der Waals surface area contributed by atoms with Crippen molar-refractivity contribution in [2.45, 2.75) is 13.0 Å². The molecule has 0 radical (unpaired) electrons. The molecular weight excluding hydrogens is 260 g/mol. The number of hydrogen-bond acceptors (Lipinski definition) is 6. The van der Waals surface area contributed by atoms with Gasteiger partial charge >= 0.3 is 0 Å². The lowest BCUT2D eigenvalue weighted by molar-refractivity contribution is 0.485. The summed E-state index contributed by atoms with van der Waals surface area (Å²) in [4.78, 5) is 5.02. The van der Waals surface area contributed by atoms with Gasteiger partial charge in [-0.05, 0) is 12.5 Å². The Bertz CT molecular complexity index is 677. The van der Waals surface area contributed by atoms with Gasteiger partial charge in [-0.25, -0.2) is 4.98 Å². The Labute approximate surface area is 114 Å². The van der Waals surface area contributed by atoms with E-state index in [1.54, 1.807) is 6.20 Å². The van der Waals surface area contributed by atoms with Crippen LogP contribution in [0.3, 0.4) is 0 Å². The fraction of sp³-hybridized carbons (Fsp3) is 0.154. The summed E-state index contributed by atoms with van der Waals surface area (Å²) in [6, 6.07) is 9.26. The third-order valence-electron chi connectivity index (χ3n) is 2.70. The number of nitrogens with two attached hydrogens (primary N) is 1. The van der Waals surface area contributed by atoms with E-state index in [0.29, 0.717) is 11.8 Å². The zero-order valence-electron chi connectivity index (χ0n) is 10.3. The van der Waals surface area contributed by atoms with Gasteiger partial charge in [0, 0.05) is 0 Å². The van der Waals surface area contributed by atoms with Crippen molar-refractivity contribution < 1.29 is 4.42 Å². The number of aromatic nitrogens is 3. The molecule has 19 heavy (non-hydrogen) atoms. The first-order valence-corrected chi connectivity index (χ1v) is 6.62. The third kappa shape index (κ3) is 2.40. The van der Waals surface area contributed by atoms with Crippen LogP contribution in [-0.2, 0) is 0 Å². The maximum absolute atomic E-state index is 6.10. The van der Waals surface area contributed by atoms with Gasteiger partial charge in [-0.15, -0.1) is 21.5 Å². The van der Waals surface area contributed by atoms with Crippen LogP contribution in [0.2, 0.25) is 0 Å². The van der Waals surface area contributed by atoms with Gasteiger partial charge in [0.15, 0.2) is 0 Å². The zero-order chi connectivity index (χ0) is 13.2. The molecule has 0 fully saturated rings. The van der Waals surface area contributed by atoms with Crippen molar-refractivity contribution in [3.05, 3.63) is 53.0 Å². The second-order valence-corrected chi connectivity index (χ2v) is 5.31. The van der Waals surface area contributed by atoms with Gasteiger partial charge in [0.05, 0.1) is 11.2 Å². The summed E-state index contributed by atoms with van der Waals surface area (Å²) < 4.78 is 5.62. The predicted molar refractivity (Wildman–Crippen MR) is 72.6 cm³/mol. The van der Waals surface area contributed by atoms with Gasteiger partial charge < -0.3 is 10.2 Å². The number of thiazole rings is 1. The molecule has 1 aromatic carbocycles. The van der Waals surface area contributed by atoms with Gasteiger partial charge in [0.25, 0.3) is 5.89 Å². The summed E-state index contributed by atoms with van der Waals surface area (Å²) in [7, 11) is 0. The molecule has 2 aromatic heterocycles. The number of aryl methyl sites for hydroxylation is 1. The molecule has 1 unspecified atom stereocenters. The molecule has 0 saturated carbocycles. The molecule has 5 nitrogen and oxygen atoms in total. The average Bonchev–Trinajstić information content (AvgIpc) is 3.07. The van der Waals surface area contributed by atoms with Crippen LogP contribution in [0, 0.1) is 6.92 Å². The average molecular weight is 272 g/mol. The second kappa shape index (κ2) is 4.91. The van der Waals surface area contributed by atoms with E-state index in [0.717, 1.165) is 15.4 Å². The number of rotatable bonds is 3. The molecule has 2 heterocycles. The molecule has 0 spiro atoms. The van der Waals surface area contributed by atoms with Crippen LogP contribution in [0.5, 0.6) is 0 Å². The van der Waals surface area contributed by atoms with Gasteiger partial charge in [-0.2, -0.15) is 0 Å². The van der Waals surface area contributed by atoms with E-state index in [9.17, 15) is 0 Å². The normalized spacial score (nSPS) is 12.5. The highest BCUT2D eigenvalue weighted by molar-refractivity contribution is 7.14. The van der Waals surface area contributed by atoms with Crippen LogP contribution in [0.1, 0.15) is 22.5 Å². The first-order valence-electron chi connectivity index (χ1n) is 5.81. The van der Waals surface area contributed by atoms with Gasteiger partial charge in [-0.3, -0.25) is 0 Å². The lowest BCUT2D eigenvalue weighted by atomic mass is 10.1. The molecule has 2 N–H and O–H groups in total. The molecule has 1 atom stereocenters. The van der Waals surface area contributed by atoms with Crippen molar-refractivity contribution in [1.82, 2.24) is 15.2 Å². The van der Waals surface area contributed by atoms with Crippen LogP contribution in [0.4, 0.5) is 0 Å². The summed E-state index contributed by atoms with van der Waals surface area (Å²) in [5, 5.41) is 9.00. The van der Waals surface area contributed by atoms with E-state index in [1.165, 1.54) is 11.3 Å². The van der Waals surface area contributed by atoms with Gasteiger partial charge in [0.2, 0.25) is 5.89 Å². The SMILES string of the molecule is Cc1ncc(-c2nnc(C(N)c3ccccc3)o2)s1. The molecule has 3 aromatic rings. The molecular formula is C13H12N4OS. The van der Waals surface area contributed by atoms with Crippen molar-refractivity contribution in [3.63, 3.8) is 0 Å². The monoisotopic (exact) mass is 272 g/mol. The Morgan fingerprint density at radius 1 is 1.21 bits per heavy atom. The van der Waals surface area contributed by atoms with Gasteiger partial charge in [-0.1, -0.05) is 30.3 Å². The quantitative estimate of drug-likeness (QED) is 0.792. The van der Waals surface area contributed by atoms with Crippen molar-refractivity contribution in [1.29, 1.82) is 0 Å². The highest BCUT2D eigenvalue weighted by Gasteiger charge is 2.17. The topological polar surface area (TPSA) is 77.8 Å². The van der Waals surface area contributed by atoms with Crippen molar-refractivity contribution in [3.8, 4) is 10.8 Å². The highest BCUT2D eigenvalue weighted by atomic mass is 32.1. The van der Waals surface area contributed by atoms with Crippen LogP contribution in [0.15, 0.2) is 40.9 Å². The molecule has 3 rings (SSSR count). The Hall–Kier alpha value is -2.05. The minimum absolute atomic E-state index is 0.406. The van der Waals surface area contributed by atoms with Crippen LogP contribution < -0.4 is 5.73 Å². The van der Waals surface area contributed by atoms with E-state index in [-0.39, 0.29) is 0 Å². The first kappa shape index (κ1) is 12.0. The highest BCUT2D eigenvalue weighted by Crippen LogP contribution is 2.26. The van der Waals surface area contributed by atoms with E-state index >= 15 is 0 Å². The summed E-state index contributed by atoms with van der Waals surface area (Å²) in [5.74, 6) is 0.874. The maximum atomic E-state index is 6.10. The summed E-state index contributed by atoms with van der Waals surface area (Å²) in [6.07, 6.45) is 1.73. The number of hydrogen-bond donors (Lipinski definition) is 1. The Kier molecular flexibility index (Phi) is 3.10. The zero-order valence-corrected chi connectivity index (χ0v) is 11.1. The predicted octanol–water partition coefficient (Wildman–Crippen LogP) is 2.55. The smallest absolute Gasteiger partial charge is 0.259 e. The third-order valence-corrected chi connectivity index (χ3v) is 3.60. The van der Waals surface area contributed by atoms with Crippen LogP contribution in [0.25, 0.3) is 10.8 Å². The maximum Gasteiger partial charge on any atom is 0.259 e. The van der Waals surface area contributed by atoms with Crippen molar-refractivity contribution in [2.24, 2.45) is 5.73 Å². The van der Waals surface area contributed by atoms with E-state index in [2.05, 4.69) is 15.2 Å². The molecule has 0 aliphatic rings. The molecule has 0 aliphatic carbocycles. The fourth-order valence-electron chi connectivity index (χ4n) is 1.72. The molecule has 0 saturated heterocycles. The van der Waals surface area contributed by atoms with E-state index < -0.39 is 6.04 Å². The van der Waals surface area contributed by atoms with E-state index in [1.807, 2.05) is 37.3 Å². The Morgan fingerprint density at radius 2 is 2.00 bits per heavy atom. The summed E-state index contributed by atoms with van der Waals surface area (Å²) >= 11 is 1.51. The largest absolute Gasteiger partial charge is 0.418 e. The van der Waals surface area contributed by atoms with Crippen LogP contribution in [-0.4, -0.2) is 15.2 Å². The minimum Gasteiger partial charge on any atom is -0.418 e. The van der Waals surface area contributed by atoms with Crippen molar-refractivity contribution in [2.75, 3.05) is 0 Å². The first-order chi connectivity index (χ1) is 9.24. The number of nitrogens with zero attached hydrogens (tertiary/aromatic N) is 3. The second-order valence-electron chi connectivity index (χ2n) is 4.08. The molecule has 6 heteroatoms. The fourth-order valence-corrected chi connectivity index (χ4v) is 2.42. The lowest BCUT2D eigenvalue weighted by Crippen LogP contribution is -2.11. The Morgan fingerprint density at radius 3 is 2.68 bits per heavy atom. The molecule has 0 bridgehead atoms.